The third kappa shape index (κ3) is 4.32. The molecule has 1 amide bonds. The first-order valence-corrected chi connectivity index (χ1v) is 11.2. The topological polar surface area (TPSA) is 84.7 Å². The van der Waals surface area contributed by atoms with Crippen molar-refractivity contribution in [2.24, 2.45) is 5.10 Å². The highest BCUT2D eigenvalue weighted by molar-refractivity contribution is 7.99. The van der Waals surface area contributed by atoms with E-state index in [1.165, 1.54) is 16.8 Å². The summed E-state index contributed by atoms with van der Waals surface area (Å²) in [5, 5.41) is 15.2. The number of carbonyl (C=O) groups is 1. The van der Waals surface area contributed by atoms with Crippen LogP contribution in [0.4, 0.5) is 0 Å². The van der Waals surface area contributed by atoms with Gasteiger partial charge in [0.05, 0.1) is 17.7 Å². The van der Waals surface area contributed by atoms with Gasteiger partial charge in [0.25, 0.3) is 11.1 Å². The molecule has 0 bridgehead atoms. The highest BCUT2D eigenvalue weighted by Gasteiger charge is 2.35. The molecule has 0 radical (unpaired) electrons. The molecule has 3 heterocycles. The van der Waals surface area contributed by atoms with Crippen LogP contribution < -0.4 is 0 Å². The van der Waals surface area contributed by atoms with Gasteiger partial charge < -0.3 is 8.83 Å². The SMILES string of the molecule is O=C(CSc1nnc(-c2ccccc2)o1)N1N=C(c2ccc(Cl)cc2)C[C@H]1c1ccco1. The van der Waals surface area contributed by atoms with Crippen molar-refractivity contribution in [3.8, 4) is 11.5 Å². The minimum Gasteiger partial charge on any atom is -0.467 e. The van der Waals surface area contributed by atoms with Crippen molar-refractivity contribution in [1.29, 1.82) is 0 Å². The average Bonchev–Trinajstić information content (AvgIpc) is 3.59. The number of nitrogens with zero attached hydrogens (tertiary/aromatic N) is 4. The third-order valence-electron chi connectivity index (χ3n) is 4.96. The van der Waals surface area contributed by atoms with Crippen LogP contribution in [0.25, 0.3) is 11.5 Å². The smallest absolute Gasteiger partial charge is 0.277 e. The van der Waals surface area contributed by atoms with Gasteiger partial charge in [-0.05, 0) is 42.0 Å². The fourth-order valence-electron chi connectivity index (χ4n) is 3.41. The molecule has 4 aromatic rings. The summed E-state index contributed by atoms with van der Waals surface area (Å²) in [6, 6.07) is 20.2. The first-order chi connectivity index (χ1) is 15.7. The summed E-state index contributed by atoms with van der Waals surface area (Å²) < 4.78 is 11.3. The minimum absolute atomic E-state index is 0.102. The molecule has 0 aliphatic carbocycles. The predicted molar refractivity (Wildman–Crippen MR) is 121 cm³/mol. The first-order valence-electron chi connectivity index (χ1n) is 9.88. The van der Waals surface area contributed by atoms with Gasteiger partial charge in [0.15, 0.2) is 0 Å². The lowest BCUT2D eigenvalue weighted by Gasteiger charge is -2.19. The maximum absolute atomic E-state index is 13.1. The predicted octanol–water partition coefficient (Wildman–Crippen LogP) is 5.45. The van der Waals surface area contributed by atoms with Gasteiger partial charge in [-0.2, -0.15) is 5.10 Å². The second kappa shape index (κ2) is 9.02. The summed E-state index contributed by atoms with van der Waals surface area (Å²) in [6.45, 7) is 0. The van der Waals surface area contributed by atoms with Crippen LogP contribution in [0.5, 0.6) is 0 Å². The van der Waals surface area contributed by atoms with Crippen molar-refractivity contribution in [1.82, 2.24) is 15.2 Å². The largest absolute Gasteiger partial charge is 0.467 e. The Morgan fingerprint density at radius 1 is 1.03 bits per heavy atom. The molecular weight excluding hydrogens is 448 g/mol. The van der Waals surface area contributed by atoms with E-state index in [0.717, 1.165) is 16.8 Å². The Kier molecular flexibility index (Phi) is 5.79. The number of thioether (sulfide) groups is 1. The molecule has 9 heteroatoms. The number of carbonyl (C=O) groups excluding carboxylic acids is 1. The number of amides is 1. The Labute approximate surface area is 193 Å². The van der Waals surface area contributed by atoms with E-state index in [4.69, 9.17) is 20.4 Å². The number of rotatable bonds is 6. The van der Waals surface area contributed by atoms with Gasteiger partial charge in [-0.15, -0.1) is 10.2 Å². The van der Waals surface area contributed by atoms with Crippen LogP contribution >= 0.6 is 23.4 Å². The molecule has 1 atom stereocenters. The Hall–Kier alpha value is -3.36. The van der Waals surface area contributed by atoms with E-state index in [-0.39, 0.29) is 17.7 Å². The van der Waals surface area contributed by atoms with E-state index in [9.17, 15) is 4.79 Å². The van der Waals surface area contributed by atoms with Crippen molar-refractivity contribution in [3.05, 3.63) is 89.3 Å². The second-order valence-electron chi connectivity index (χ2n) is 7.06. The van der Waals surface area contributed by atoms with Gasteiger partial charge in [-0.3, -0.25) is 4.79 Å². The number of aromatic nitrogens is 2. The lowest BCUT2D eigenvalue weighted by Crippen LogP contribution is -2.28. The Morgan fingerprint density at radius 3 is 2.59 bits per heavy atom. The quantitative estimate of drug-likeness (QED) is 0.352. The first kappa shape index (κ1) is 20.5. The molecule has 160 valence electrons. The van der Waals surface area contributed by atoms with E-state index in [1.54, 1.807) is 12.3 Å². The summed E-state index contributed by atoms with van der Waals surface area (Å²) in [5.74, 6) is 1.02. The molecule has 0 fully saturated rings. The number of hydrogen-bond donors (Lipinski definition) is 0. The van der Waals surface area contributed by atoms with E-state index < -0.39 is 0 Å². The summed E-state index contributed by atoms with van der Waals surface area (Å²) in [5.41, 5.74) is 2.54. The Bertz CT molecular complexity index is 1240. The van der Waals surface area contributed by atoms with Crippen LogP contribution in [0.15, 0.2) is 92.2 Å². The molecule has 0 spiro atoms. The number of furan rings is 1. The molecule has 32 heavy (non-hydrogen) atoms. The maximum Gasteiger partial charge on any atom is 0.277 e. The molecule has 5 rings (SSSR count). The van der Waals surface area contributed by atoms with Crippen molar-refractivity contribution >= 4 is 35.0 Å². The highest BCUT2D eigenvalue weighted by atomic mass is 35.5. The molecule has 7 nitrogen and oxygen atoms in total. The second-order valence-corrected chi connectivity index (χ2v) is 8.42. The Morgan fingerprint density at radius 2 is 1.84 bits per heavy atom. The normalized spacial score (nSPS) is 15.7. The Balaban J connectivity index is 1.32. The van der Waals surface area contributed by atoms with Crippen LogP contribution in [0.1, 0.15) is 23.8 Å². The molecule has 0 saturated heterocycles. The van der Waals surface area contributed by atoms with E-state index in [1.807, 2.05) is 60.7 Å². The molecule has 1 aliphatic heterocycles. The zero-order valence-corrected chi connectivity index (χ0v) is 18.3. The minimum atomic E-state index is -0.314. The van der Waals surface area contributed by atoms with Crippen molar-refractivity contribution in [2.75, 3.05) is 5.75 Å². The number of halogens is 1. The number of hydrazone groups is 1. The summed E-state index contributed by atoms with van der Waals surface area (Å²) in [4.78, 5) is 13.1. The fourth-order valence-corrected chi connectivity index (χ4v) is 4.16. The van der Waals surface area contributed by atoms with E-state index in [0.29, 0.717) is 28.3 Å². The van der Waals surface area contributed by atoms with E-state index in [2.05, 4.69) is 15.3 Å². The van der Waals surface area contributed by atoms with E-state index >= 15 is 0 Å². The van der Waals surface area contributed by atoms with Crippen LogP contribution in [0, 0.1) is 0 Å². The van der Waals surface area contributed by atoms with Crippen LogP contribution in [0.3, 0.4) is 0 Å². The molecule has 2 aromatic carbocycles. The van der Waals surface area contributed by atoms with Crippen molar-refractivity contribution < 1.29 is 13.6 Å². The lowest BCUT2D eigenvalue weighted by atomic mass is 10.0. The lowest BCUT2D eigenvalue weighted by molar-refractivity contribution is -0.130. The highest BCUT2D eigenvalue weighted by Crippen LogP contribution is 2.34. The number of hydrogen-bond acceptors (Lipinski definition) is 7. The standard InChI is InChI=1S/C23H17ClN4O3S/c24-17-10-8-15(9-11-17)18-13-19(20-7-4-12-30-20)28(27-18)21(29)14-32-23-26-25-22(31-23)16-5-2-1-3-6-16/h1-12,19H,13-14H2/t19-/m0/s1. The van der Waals surface area contributed by atoms with Gasteiger partial charge in [0, 0.05) is 17.0 Å². The van der Waals surface area contributed by atoms with Crippen LogP contribution in [-0.2, 0) is 4.79 Å². The van der Waals surface area contributed by atoms with Gasteiger partial charge in [0.1, 0.15) is 11.8 Å². The van der Waals surface area contributed by atoms with Crippen LogP contribution in [-0.4, -0.2) is 32.6 Å². The monoisotopic (exact) mass is 464 g/mol. The zero-order valence-electron chi connectivity index (χ0n) is 16.7. The van der Waals surface area contributed by atoms with Gasteiger partial charge >= 0.3 is 0 Å². The zero-order chi connectivity index (χ0) is 21.9. The van der Waals surface area contributed by atoms with Gasteiger partial charge in [0.2, 0.25) is 5.89 Å². The van der Waals surface area contributed by atoms with Gasteiger partial charge in [-0.25, -0.2) is 5.01 Å². The fraction of sp³-hybridized carbons (Fsp3) is 0.130. The third-order valence-corrected chi connectivity index (χ3v) is 6.02. The van der Waals surface area contributed by atoms with Gasteiger partial charge in [-0.1, -0.05) is 53.7 Å². The summed E-state index contributed by atoms with van der Waals surface area (Å²) in [6.07, 6.45) is 2.14. The molecule has 0 unspecified atom stereocenters. The van der Waals surface area contributed by atoms with Crippen molar-refractivity contribution in [3.63, 3.8) is 0 Å². The number of benzene rings is 2. The molecule has 1 aliphatic rings. The molecule has 0 saturated carbocycles. The average molecular weight is 465 g/mol. The molecule has 0 N–H and O–H groups in total. The summed E-state index contributed by atoms with van der Waals surface area (Å²) in [7, 11) is 0. The van der Waals surface area contributed by atoms with Crippen molar-refractivity contribution in [2.45, 2.75) is 17.7 Å². The molecular formula is C23H17ClN4O3S. The molecule has 2 aromatic heterocycles. The summed E-state index contributed by atoms with van der Waals surface area (Å²) >= 11 is 7.19. The van der Waals surface area contributed by atoms with Crippen LogP contribution in [0.2, 0.25) is 5.02 Å². The maximum atomic E-state index is 13.1.